The summed E-state index contributed by atoms with van der Waals surface area (Å²) in [4.78, 5) is 42.4. The molecule has 50 heavy (non-hydrogen) atoms. The van der Waals surface area contributed by atoms with Crippen LogP contribution < -0.4 is 14.2 Å². The van der Waals surface area contributed by atoms with E-state index in [4.69, 9.17) is 14.2 Å². The minimum atomic E-state index is -1.06. The van der Waals surface area contributed by atoms with Gasteiger partial charge in [0.15, 0.2) is 39.7 Å². The molecule has 0 bridgehead atoms. The largest absolute Gasteiger partial charge is 0.493 e. The highest BCUT2D eigenvalue weighted by atomic mass is 32.2. The van der Waals surface area contributed by atoms with Crippen molar-refractivity contribution in [1.82, 2.24) is 4.98 Å². The molecule has 0 aliphatic heterocycles. The highest BCUT2D eigenvalue weighted by Crippen LogP contribution is 2.49. The number of ether oxygens (including phenoxy) is 3. The molecular weight excluding hydrogens is 661 g/mol. The molecule has 3 aromatic carbocycles. The van der Waals surface area contributed by atoms with Gasteiger partial charge in [-0.05, 0) is 73.2 Å². The lowest BCUT2D eigenvalue weighted by Crippen LogP contribution is -2.28. The number of ketones is 2. The molecule has 1 saturated carbocycles. The van der Waals surface area contributed by atoms with Crippen molar-refractivity contribution in [3.05, 3.63) is 89.6 Å². The minimum Gasteiger partial charge on any atom is -0.493 e. The van der Waals surface area contributed by atoms with E-state index in [1.807, 2.05) is 13.8 Å². The highest BCUT2D eigenvalue weighted by Gasteiger charge is 2.54. The van der Waals surface area contributed by atoms with Gasteiger partial charge in [0.05, 0.1) is 24.6 Å². The summed E-state index contributed by atoms with van der Waals surface area (Å²) in [6.45, 7) is 4.37. The number of hydrogen-bond donors (Lipinski definition) is 0. The SMILES string of the molecule is COc1cc2c(Oc3ccc(CC(=O)C4(C(=O)Cc5ccc(F)cc5)CC4)cc3F)ccnc2cc1OCCCCCCCSC(=O)C(C)C. The summed E-state index contributed by atoms with van der Waals surface area (Å²) in [5.41, 5.74) is 0.626. The third kappa shape index (κ3) is 9.47. The molecule has 7 nitrogen and oxygen atoms in total. The maximum Gasteiger partial charge on any atom is 0.191 e. The summed E-state index contributed by atoms with van der Waals surface area (Å²) in [5, 5.41) is 0.862. The van der Waals surface area contributed by atoms with Gasteiger partial charge >= 0.3 is 0 Å². The summed E-state index contributed by atoms with van der Waals surface area (Å²) in [6, 6.07) is 15.2. The van der Waals surface area contributed by atoms with Crippen molar-refractivity contribution in [2.75, 3.05) is 19.5 Å². The van der Waals surface area contributed by atoms with Gasteiger partial charge in [-0.3, -0.25) is 19.4 Å². The van der Waals surface area contributed by atoms with E-state index in [9.17, 15) is 18.8 Å². The number of Topliss-reactive ketones (excluding diaryl/α,β-unsaturated/α-hetero) is 2. The standard InChI is InChI=1S/C40H43F2NO6S/c1-26(2)39(46)50-20-8-6-4-5-7-19-48-36-25-32-30(24-35(36)47-3)33(15-18-43-32)49-34-14-11-28(21-31(34)42)23-38(45)40(16-17-40)37(44)22-27-9-12-29(41)13-10-27/h9-15,18,21,24-26H,4-8,16-17,19-20,22-23H2,1-3H3. The molecule has 264 valence electrons. The van der Waals surface area contributed by atoms with E-state index in [0.717, 1.165) is 37.9 Å². The van der Waals surface area contributed by atoms with E-state index >= 15 is 4.39 Å². The maximum absolute atomic E-state index is 15.3. The molecule has 10 heteroatoms. The smallest absolute Gasteiger partial charge is 0.191 e. The number of benzene rings is 3. The van der Waals surface area contributed by atoms with Crippen LogP contribution in [0.2, 0.25) is 0 Å². The summed E-state index contributed by atoms with van der Waals surface area (Å²) in [6.07, 6.45) is 7.54. The molecule has 0 N–H and O–H groups in total. The number of methoxy groups -OCH3 is 1. The molecule has 1 aliphatic carbocycles. The lowest BCUT2D eigenvalue weighted by molar-refractivity contribution is -0.133. The van der Waals surface area contributed by atoms with Gasteiger partial charge in [-0.15, -0.1) is 0 Å². The predicted octanol–water partition coefficient (Wildman–Crippen LogP) is 9.26. The van der Waals surface area contributed by atoms with Gasteiger partial charge in [0.2, 0.25) is 0 Å². The third-order valence-electron chi connectivity index (χ3n) is 8.93. The first-order valence-electron chi connectivity index (χ1n) is 17.1. The Hall–Kier alpha value is -4.31. The lowest BCUT2D eigenvalue weighted by Gasteiger charge is -2.15. The molecule has 0 atom stereocenters. The van der Waals surface area contributed by atoms with Crippen molar-refractivity contribution in [2.24, 2.45) is 11.3 Å². The quantitative estimate of drug-likeness (QED) is 0.0705. The van der Waals surface area contributed by atoms with Crippen molar-refractivity contribution in [3.8, 4) is 23.0 Å². The summed E-state index contributed by atoms with van der Waals surface area (Å²) in [5.74, 6) is 0.884. The van der Waals surface area contributed by atoms with Gasteiger partial charge < -0.3 is 14.2 Å². The summed E-state index contributed by atoms with van der Waals surface area (Å²) < 4.78 is 46.2. The fraction of sp³-hybridized carbons (Fsp3) is 0.400. The number of carbonyl (C=O) groups excluding carboxylic acids is 3. The Kier molecular flexibility index (Phi) is 12.6. The second-order valence-electron chi connectivity index (χ2n) is 13.0. The second-order valence-corrected chi connectivity index (χ2v) is 14.1. The van der Waals surface area contributed by atoms with Crippen LogP contribution in [0, 0.1) is 23.0 Å². The van der Waals surface area contributed by atoms with Gasteiger partial charge in [0.25, 0.3) is 0 Å². The van der Waals surface area contributed by atoms with Crippen molar-refractivity contribution < 1.29 is 37.4 Å². The summed E-state index contributed by atoms with van der Waals surface area (Å²) >= 11 is 1.42. The Morgan fingerprint density at radius 1 is 0.800 bits per heavy atom. The van der Waals surface area contributed by atoms with Crippen molar-refractivity contribution in [3.63, 3.8) is 0 Å². The van der Waals surface area contributed by atoms with E-state index in [0.29, 0.717) is 58.7 Å². The zero-order chi connectivity index (χ0) is 35.7. The molecule has 0 radical (unpaired) electrons. The van der Waals surface area contributed by atoms with Crippen LogP contribution in [0.5, 0.6) is 23.0 Å². The second kappa shape index (κ2) is 17.1. The number of thioether (sulfide) groups is 1. The fourth-order valence-corrected chi connectivity index (χ4v) is 6.63. The Bertz CT molecular complexity index is 1820. The molecule has 5 rings (SSSR count). The molecule has 1 heterocycles. The van der Waals surface area contributed by atoms with E-state index in [-0.39, 0.29) is 47.0 Å². The Labute approximate surface area is 296 Å². The van der Waals surface area contributed by atoms with Gasteiger partial charge in [0, 0.05) is 42.2 Å². The number of carbonyl (C=O) groups is 3. The minimum absolute atomic E-state index is 0.0216. The molecular formula is C40H43F2NO6S. The number of hydrogen-bond acceptors (Lipinski definition) is 8. The Morgan fingerprint density at radius 3 is 2.16 bits per heavy atom. The van der Waals surface area contributed by atoms with Crippen molar-refractivity contribution >= 4 is 39.3 Å². The van der Waals surface area contributed by atoms with Crippen LogP contribution in [-0.4, -0.2) is 41.1 Å². The number of halogens is 2. The van der Waals surface area contributed by atoms with Crippen molar-refractivity contribution in [2.45, 2.75) is 71.6 Å². The number of unbranched alkanes of at least 4 members (excludes halogenated alkanes) is 4. The maximum atomic E-state index is 15.3. The molecule has 1 aliphatic rings. The lowest BCUT2D eigenvalue weighted by atomic mass is 9.88. The highest BCUT2D eigenvalue weighted by molar-refractivity contribution is 8.13. The van der Waals surface area contributed by atoms with Crippen LogP contribution in [0.1, 0.15) is 69.9 Å². The van der Waals surface area contributed by atoms with E-state index in [1.54, 1.807) is 49.7 Å². The Balaban J connectivity index is 1.15. The molecule has 1 aromatic heterocycles. The van der Waals surface area contributed by atoms with Crippen LogP contribution in [0.3, 0.4) is 0 Å². The Morgan fingerprint density at radius 2 is 1.48 bits per heavy atom. The van der Waals surface area contributed by atoms with E-state index in [1.165, 1.54) is 36.0 Å². The van der Waals surface area contributed by atoms with Gasteiger partial charge in [-0.1, -0.05) is 63.1 Å². The molecule has 0 spiro atoms. The zero-order valence-electron chi connectivity index (χ0n) is 28.8. The number of aromatic nitrogens is 1. The van der Waals surface area contributed by atoms with E-state index < -0.39 is 11.2 Å². The molecule has 1 fully saturated rings. The number of nitrogens with zero attached hydrogens (tertiary/aromatic N) is 1. The average Bonchev–Trinajstić information content (AvgIpc) is 3.92. The first kappa shape index (κ1) is 37.0. The fourth-order valence-electron chi connectivity index (χ4n) is 5.75. The molecule has 0 unspecified atom stereocenters. The number of rotatable bonds is 19. The number of pyridine rings is 1. The average molecular weight is 704 g/mol. The molecule has 4 aromatic rings. The van der Waals surface area contributed by atoms with Crippen LogP contribution in [0.15, 0.2) is 66.9 Å². The molecule has 0 amide bonds. The van der Waals surface area contributed by atoms with Crippen LogP contribution in [-0.2, 0) is 27.2 Å². The van der Waals surface area contributed by atoms with E-state index in [2.05, 4.69) is 4.98 Å². The van der Waals surface area contributed by atoms with Crippen LogP contribution in [0.25, 0.3) is 10.9 Å². The number of fused-ring (bicyclic) bond motifs is 1. The van der Waals surface area contributed by atoms with Gasteiger partial charge in [-0.25, -0.2) is 8.78 Å². The summed E-state index contributed by atoms with van der Waals surface area (Å²) in [7, 11) is 1.55. The normalized spacial score (nSPS) is 13.3. The first-order chi connectivity index (χ1) is 24.1. The third-order valence-corrected chi connectivity index (χ3v) is 10.2. The predicted molar refractivity (Wildman–Crippen MR) is 191 cm³/mol. The first-order valence-corrected chi connectivity index (χ1v) is 18.1. The van der Waals surface area contributed by atoms with Gasteiger partial charge in [0.1, 0.15) is 11.6 Å². The van der Waals surface area contributed by atoms with Crippen molar-refractivity contribution in [1.29, 1.82) is 0 Å². The topological polar surface area (TPSA) is 91.8 Å². The monoisotopic (exact) mass is 703 g/mol. The van der Waals surface area contributed by atoms with Crippen LogP contribution in [0.4, 0.5) is 8.78 Å². The van der Waals surface area contributed by atoms with Crippen LogP contribution >= 0.6 is 11.8 Å². The zero-order valence-corrected chi connectivity index (χ0v) is 29.6. The van der Waals surface area contributed by atoms with Gasteiger partial charge in [-0.2, -0.15) is 0 Å². The molecule has 0 saturated heterocycles.